The number of nitrogens with zero attached hydrogens (tertiary/aromatic N) is 3. The van der Waals surface area contributed by atoms with Crippen LogP contribution in [0.4, 0.5) is 17.5 Å². The fourth-order valence-electron chi connectivity index (χ4n) is 2.26. The van der Waals surface area contributed by atoms with Gasteiger partial charge in [0, 0.05) is 23.0 Å². The van der Waals surface area contributed by atoms with Crippen molar-refractivity contribution in [2.75, 3.05) is 10.6 Å². The molecule has 0 atom stereocenters. The number of Topliss-reactive ketones (excluding diaryl/α,β-unsaturated/α-hetero) is 1. The zero-order valence-corrected chi connectivity index (χ0v) is 14.5. The van der Waals surface area contributed by atoms with Crippen molar-refractivity contribution in [3.05, 3.63) is 59.1 Å². The molecule has 132 valence electrons. The molecule has 8 heteroatoms. The predicted molar refractivity (Wildman–Crippen MR) is 95.7 cm³/mol. The number of nitrogens with one attached hydrogen (secondary N) is 2. The fourth-order valence-corrected chi connectivity index (χ4v) is 2.26. The van der Waals surface area contributed by atoms with E-state index < -0.39 is 0 Å². The van der Waals surface area contributed by atoms with Crippen LogP contribution in [0.3, 0.4) is 0 Å². The molecule has 0 radical (unpaired) electrons. The van der Waals surface area contributed by atoms with Crippen LogP contribution in [0, 0.1) is 13.8 Å². The first-order valence-electron chi connectivity index (χ1n) is 7.89. The van der Waals surface area contributed by atoms with Crippen LogP contribution in [0.1, 0.15) is 39.2 Å². The molecule has 3 aromatic rings. The van der Waals surface area contributed by atoms with Gasteiger partial charge in [-0.3, -0.25) is 9.59 Å². The first kappa shape index (κ1) is 17.3. The minimum atomic E-state index is -0.384. The lowest BCUT2D eigenvalue weighted by Gasteiger charge is -2.08. The molecule has 2 N–H and O–H groups in total. The number of rotatable bonds is 5. The van der Waals surface area contributed by atoms with Gasteiger partial charge in [0.15, 0.2) is 11.6 Å². The number of amides is 1. The highest BCUT2D eigenvalue weighted by atomic mass is 16.5. The maximum Gasteiger partial charge on any atom is 0.274 e. The van der Waals surface area contributed by atoms with Crippen LogP contribution < -0.4 is 10.6 Å². The number of aryl methyl sites for hydroxylation is 2. The molecular weight excluding hydrogens is 334 g/mol. The van der Waals surface area contributed by atoms with E-state index in [0.717, 1.165) is 0 Å². The first-order valence-corrected chi connectivity index (χ1v) is 7.89. The predicted octanol–water partition coefficient (Wildman–Crippen LogP) is 3.28. The van der Waals surface area contributed by atoms with Crippen molar-refractivity contribution >= 4 is 29.1 Å². The molecule has 1 amide bonds. The summed E-state index contributed by atoms with van der Waals surface area (Å²) in [5.41, 5.74) is 1.98. The van der Waals surface area contributed by atoms with Crippen molar-refractivity contribution < 1.29 is 14.1 Å². The smallest absolute Gasteiger partial charge is 0.274 e. The zero-order chi connectivity index (χ0) is 18.7. The maximum atomic E-state index is 12.5. The average molecular weight is 351 g/mol. The lowest BCUT2D eigenvalue weighted by molar-refractivity contribution is 0.101. The van der Waals surface area contributed by atoms with Gasteiger partial charge in [-0.05, 0) is 51.1 Å². The third-order valence-electron chi connectivity index (χ3n) is 3.50. The molecule has 2 aromatic heterocycles. The Kier molecular flexibility index (Phi) is 4.74. The van der Waals surface area contributed by atoms with Crippen LogP contribution >= 0.6 is 0 Å². The SMILES string of the molecule is CC(=O)c1ccc(NC(=O)c2cc(C)nc(Nc3cc(C)on3)n2)cc1. The number of aromatic nitrogens is 3. The monoisotopic (exact) mass is 351 g/mol. The van der Waals surface area contributed by atoms with E-state index in [-0.39, 0.29) is 23.3 Å². The highest BCUT2D eigenvalue weighted by molar-refractivity contribution is 6.03. The normalized spacial score (nSPS) is 10.4. The summed E-state index contributed by atoms with van der Waals surface area (Å²) in [5, 5.41) is 9.46. The standard InChI is InChI=1S/C18H17N5O3/c1-10-8-15(21-18(19-10)22-16-9-11(2)26-23-16)17(25)20-14-6-4-13(5-7-14)12(3)24/h4-9H,1-3H3,(H,20,25)(H,19,21,22,23). The summed E-state index contributed by atoms with van der Waals surface area (Å²) >= 11 is 0. The van der Waals surface area contributed by atoms with Gasteiger partial charge in [-0.15, -0.1) is 0 Å². The van der Waals surface area contributed by atoms with E-state index in [1.54, 1.807) is 50.2 Å². The van der Waals surface area contributed by atoms with Gasteiger partial charge in [0.25, 0.3) is 5.91 Å². The molecule has 0 aliphatic heterocycles. The lowest BCUT2D eigenvalue weighted by Crippen LogP contribution is -2.15. The first-order chi connectivity index (χ1) is 12.4. The molecule has 26 heavy (non-hydrogen) atoms. The van der Waals surface area contributed by atoms with Crippen molar-refractivity contribution in [1.82, 2.24) is 15.1 Å². The minimum absolute atomic E-state index is 0.0342. The van der Waals surface area contributed by atoms with Crippen LogP contribution in [-0.4, -0.2) is 26.8 Å². The second-order valence-electron chi connectivity index (χ2n) is 5.75. The van der Waals surface area contributed by atoms with Crippen LogP contribution in [0.25, 0.3) is 0 Å². The highest BCUT2D eigenvalue weighted by Gasteiger charge is 2.12. The van der Waals surface area contributed by atoms with Crippen molar-refractivity contribution in [3.8, 4) is 0 Å². The van der Waals surface area contributed by atoms with Gasteiger partial charge >= 0.3 is 0 Å². The molecule has 0 saturated carbocycles. The summed E-state index contributed by atoms with van der Waals surface area (Å²) in [6, 6.07) is 9.92. The number of ketones is 1. The summed E-state index contributed by atoms with van der Waals surface area (Å²) in [6.07, 6.45) is 0. The third kappa shape index (κ3) is 4.10. The molecule has 0 spiro atoms. The van der Waals surface area contributed by atoms with Crippen molar-refractivity contribution in [3.63, 3.8) is 0 Å². The van der Waals surface area contributed by atoms with Gasteiger partial charge in [0.1, 0.15) is 11.5 Å². The Morgan fingerprint density at radius 1 is 1.04 bits per heavy atom. The van der Waals surface area contributed by atoms with Crippen LogP contribution in [0.2, 0.25) is 0 Å². The molecule has 0 bridgehead atoms. The second-order valence-corrected chi connectivity index (χ2v) is 5.75. The number of benzene rings is 1. The Bertz CT molecular complexity index is 963. The lowest BCUT2D eigenvalue weighted by atomic mass is 10.1. The Morgan fingerprint density at radius 3 is 2.38 bits per heavy atom. The van der Waals surface area contributed by atoms with Gasteiger partial charge < -0.3 is 15.2 Å². The van der Waals surface area contributed by atoms with E-state index >= 15 is 0 Å². The van der Waals surface area contributed by atoms with E-state index in [1.165, 1.54) is 6.92 Å². The molecule has 0 aliphatic carbocycles. The number of hydrogen-bond acceptors (Lipinski definition) is 7. The van der Waals surface area contributed by atoms with Gasteiger partial charge in [0.05, 0.1) is 0 Å². The molecule has 0 aliphatic rings. The largest absolute Gasteiger partial charge is 0.360 e. The van der Waals surface area contributed by atoms with Crippen LogP contribution in [0.5, 0.6) is 0 Å². The second kappa shape index (κ2) is 7.14. The molecule has 2 heterocycles. The summed E-state index contributed by atoms with van der Waals surface area (Å²) < 4.78 is 4.98. The average Bonchev–Trinajstić information content (AvgIpc) is 2.99. The molecule has 0 fully saturated rings. The van der Waals surface area contributed by atoms with Gasteiger partial charge in [-0.2, -0.15) is 0 Å². The molecule has 0 saturated heterocycles. The minimum Gasteiger partial charge on any atom is -0.360 e. The third-order valence-corrected chi connectivity index (χ3v) is 3.50. The summed E-state index contributed by atoms with van der Waals surface area (Å²) in [7, 11) is 0. The van der Waals surface area contributed by atoms with E-state index in [4.69, 9.17) is 4.52 Å². The van der Waals surface area contributed by atoms with Crippen molar-refractivity contribution in [2.45, 2.75) is 20.8 Å². The zero-order valence-electron chi connectivity index (χ0n) is 14.5. The maximum absolute atomic E-state index is 12.5. The Balaban J connectivity index is 1.77. The quantitative estimate of drug-likeness (QED) is 0.679. The van der Waals surface area contributed by atoms with E-state index in [2.05, 4.69) is 25.8 Å². The van der Waals surface area contributed by atoms with Crippen LogP contribution in [-0.2, 0) is 0 Å². The fraction of sp³-hybridized carbons (Fsp3) is 0.167. The summed E-state index contributed by atoms with van der Waals surface area (Å²) in [6.45, 7) is 5.02. The van der Waals surface area contributed by atoms with E-state index in [9.17, 15) is 9.59 Å². The van der Waals surface area contributed by atoms with Gasteiger partial charge in [-0.1, -0.05) is 5.16 Å². The van der Waals surface area contributed by atoms with Crippen molar-refractivity contribution in [1.29, 1.82) is 0 Å². The highest BCUT2D eigenvalue weighted by Crippen LogP contribution is 2.15. The molecule has 8 nitrogen and oxygen atoms in total. The van der Waals surface area contributed by atoms with Gasteiger partial charge in [0.2, 0.25) is 5.95 Å². The number of hydrogen-bond donors (Lipinski definition) is 2. The summed E-state index contributed by atoms with van der Waals surface area (Å²) in [5.74, 6) is 0.931. The van der Waals surface area contributed by atoms with E-state index in [1.807, 2.05) is 0 Å². The molecule has 1 aromatic carbocycles. The van der Waals surface area contributed by atoms with Gasteiger partial charge in [-0.25, -0.2) is 9.97 Å². The molecular formula is C18H17N5O3. The van der Waals surface area contributed by atoms with Crippen LogP contribution in [0.15, 0.2) is 40.9 Å². The topological polar surface area (TPSA) is 110 Å². The number of carbonyl (C=O) groups is 2. The Morgan fingerprint density at radius 2 is 1.77 bits per heavy atom. The Hall–Kier alpha value is -3.55. The molecule has 0 unspecified atom stereocenters. The summed E-state index contributed by atoms with van der Waals surface area (Å²) in [4.78, 5) is 32.2. The Labute approximate surface area is 149 Å². The number of anilines is 3. The van der Waals surface area contributed by atoms with E-state index in [0.29, 0.717) is 28.5 Å². The van der Waals surface area contributed by atoms with Crippen molar-refractivity contribution in [2.24, 2.45) is 0 Å². The number of carbonyl (C=O) groups excluding carboxylic acids is 2. The molecule has 3 rings (SSSR count).